The van der Waals surface area contributed by atoms with Gasteiger partial charge in [-0.2, -0.15) is 0 Å². The number of hydrogen-bond acceptors (Lipinski definition) is 4. The molecule has 0 amide bonds. The quantitative estimate of drug-likeness (QED) is 0.740. The van der Waals surface area contributed by atoms with Crippen molar-refractivity contribution in [3.05, 3.63) is 53.9 Å². The average Bonchev–Trinajstić information content (AvgIpc) is 2.88. The number of aromatic nitrogens is 1. The lowest BCUT2D eigenvalue weighted by atomic mass is 9.98. The zero-order valence-corrected chi connectivity index (χ0v) is 12.2. The van der Waals surface area contributed by atoms with E-state index < -0.39 is 0 Å². The fourth-order valence-electron chi connectivity index (χ4n) is 2.37. The minimum absolute atomic E-state index is 0.320. The molecule has 1 atom stereocenters. The predicted octanol–water partition coefficient (Wildman–Crippen LogP) is 3.76. The van der Waals surface area contributed by atoms with E-state index in [1.807, 2.05) is 42.5 Å². The molecule has 0 aliphatic rings. The van der Waals surface area contributed by atoms with Gasteiger partial charge in [0.05, 0.1) is 7.11 Å². The van der Waals surface area contributed by atoms with E-state index in [-0.39, 0.29) is 0 Å². The van der Waals surface area contributed by atoms with Crippen molar-refractivity contribution in [3.63, 3.8) is 0 Å². The van der Waals surface area contributed by atoms with Gasteiger partial charge >= 0.3 is 0 Å². The van der Waals surface area contributed by atoms with Gasteiger partial charge in [-0.3, -0.25) is 0 Å². The van der Waals surface area contributed by atoms with Crippen LogP contribution in [-0.4, -0.2) is 12.1 Å². The van der Waals surface area contributed by atoms with Crippen LogP contribution in [0.3, 0.4) is 0 Å². The Morgan fingerprint density at radius 3 is 2.67 bits per heavy atom. The van der Waals surface area contributed by atoms with Crippen LogP contribution in [0.1, 0.15) is 24.3 Å². The van der Waals surface area contributed by atoms with Gasteiger partial charge in [0.2, 0.25) is 0 Å². The molecule has 4 nitrogen and oxygen atoms in total. The van der Waals surface area contributed by atoms with E-state index >= 15 is 0 Å². The lowest BCUT2D eigenvalue weighted by molar-refractivity contribution is 0.415. The van der Waals surface area contributed by atoms with Crippen molar-refractivity contribution in [1.82, 2.24) is 4.98 Å². The second-order valence-electron chi connectivity index (χ2n) is 5.21. The van der Waals surface area contributed by atoms with Gasteiger partial charge in [-0.15, -0.1) is 0 Å². The third-order valence-electron chi connectivity index (χ3n) is 3.63. The Morgan fingerprint density at radius 1 is 1.19 bits per heavy atom. The highest BCUT2D eigenvalue weighted by Crippen LogP contribution is 2.25. The molecule has 21 heavy (non-hydrogen) atoms. The number of benzene rings is 2. The lowest BCUT2D eigenvalue weighted by Crippen LogP contribution is -1.99. The molecule has 1 heterocycles. The normalized spacial score (nSPS) is 12.5. The number of rotatable bonds is 4. The fraction of sp³-hybridized carbons (Fsp3) is 0.235. The van der Waals surface area contributed by atoms with Crippen LogP contribution in [0.4, 0.5) is 5.69 Å². The summed E-state index contributed by atoms with van der Waals surface area (Å²) in [6.07, 6.45) is 0.751. The summed E-state index contributed by atoms with van der Waals surface area (Å²) in [5.41, 5.74) is 9.33. The van der Waals surface area contributed by atoms with Gasteiger partial charge in [0.25, 0.3) is 0 Å². The standard InChI is InChI=1S/C17H18N2O2/c1-11(12-3-5-13(18)6-4-12)9-17-19-15-10-14(20-2)7-8-16(15)21-17/h3-8,10-11H,9,18H2,1-2H3. The van der Waals surface area contributed by atoms with E-state index in [4.69, 9.17) is 14.9 Å². The number of nitrogens with two attached hydrogens (primary N) is 1. The third-order valence-corrected chi connectivity index (χ3v) is 3.63. The molecule has 1 unspecified atom stereocenters. The van der Waals surface area contributed by atoms with Crippen molar-refractivity contribution >= 4 is 16.8 Å². The fourth-order valence-corrected chi connectivity index (χ4v) is 2.37. The first kappa shape index (κ1) is 13.5. The molecule has 0 spiro atoms. The molecular weight excluding hydrogens is 264 g/mol. The van der Waals surface area contributed by atoms with Crippen LogP contribution in [0.5, 0.6) is 5.75 Å². The molecule has 1 aromatic heterocycles. The van der Waals surface area contributed by atoms with E-state index in [2.05, 4.69) is 11.9 Å². The Labute approximate surface area is 123 Å². The van der Waals surface area contributed by atoms with Crippen LogP contribution in [-0.2, 0) is 6.42 Å². The molecule has 2 aromatic carbocycles. The first-order chi connectivity index (χ1) is 10.2. The molecule has 3 rings (SSSR count). The van der Waals surface area contributed by atoms with E-state index in [0.717, 1.165) is 34.8 Å². The summed E-state index contributed by atoms with van der Waals surface area (Å²) in [4.78, 5) is 4.53. The number of hydrogen-bond donors (Lipinski definition) is 1. The Morgan fingerprint density at radius 2 is 1.95 bits per heavy atom. The van der Waals surface area contributed by atoms with Crippen LogP contribution in [0.15, 0.2) is 46.9 Å². The van der Waals surface area contributed by atoms with Gasteiger partial charge < -0.3 is 14.9 Å². The van der Waals surface area contributed by atoms with Gasteiger partial charge in [-0.05, 0) is 35.7 Å². The maximum absolute atomic E-state index is 5.79. The minimum Gasteiger partial charge on any atom is -0.497 e. The molecule has 0 fully saturated rings. The molecule has 2 N–H and O–H groups in total. The smallest absolute Gasteiger partial charge is 0.196 e. The molecule has 0 bridgehead atoms. The number of oxazole rings is 1. The Bertz CT molecular complexity index is 747. The molecule has 0 saturated heterocycles. The number of anilines is 1. The zero-order chi connectivity index (χ0) is 14.8. The number of nitrogens with zero attached hydrogens (tertiary/aromatic N) is 1. The van der Waals surface area contributed by atoms with Crippen molar-refractivity contribution in [2.75, 3.05) is 12.8 Å². The second-order valence-corrected chi connectivity index (χ2v) is 5.21. The van der Waals surface area contributed by atoms with Crippen molar-refractivity contribution < 1.29 is 9.15 Å². The van der Waals surface area contributed by atoms with Gasteiger partial charge in [-0.1, -0.05) is 19.1 Å². The van der Waals surface area contributed by atoms with E-state index in [0.29, 0.717) is 5.92 Å². The molecule has 4 heteroatoms. The summed E-state index contributed by atoms with van der Waals surface area (Å²) in [5, 5.41) is 0. The molecule has 0 radical (unpaired) electrons. The number of nitrogen functional groups attached to an aromatic ring is 1. The average molecular weight is 282 g/mol. The van der Waals surface area contributed by atoms with Crippen molar-refractivity contribution in [2.45, 2.75) is 19.3 Å². The second kappa shape index (κ2) is 5.48. The highest BCUT2D eigenvalue weighted by Gasteiger charge is 2.12. The van der Waals surface area contributed by atoms with Crippen molar-refractivity contribution in [3.8, 4) is 5.75 Å². The minimum atomic E-state index is 0.320. The summed E-state index contributed by atoms with van der Waals surface area (Å²) in [5.74, 6) is 1.84. The van der Waals surface area contributed by atoms with Crippen LogP contribution in [0, 0.1) is 0 Å². The van der Waals surface area contributed by atoms with Crippen LogP contribution < -0.4 is 10.5 Å². The largest absolute Gasteiger partial charge is 0.497 e. The first-order valence-electron chi connectivity index (χ1n) is 6.94. The lowest BCUT2D eigenvalue weighted by Gasteiger charge is -2.09. The van der Waals surface area contributed by atoms with Gasteiger partial charge in [0.15, 0.2) is 11.5 Å². The van der Waals surface area contributed by atoms with Gasteiger partial charge in [-0.25, -0.2) is 4.98 Å². The molecule has 0 aliphatic carbocycles. The number of methoxy groups -OCH3 is 1. The molecular formula is C17H18N2O2. The third kappa shape index (κ3) is 2.84. The topological polar surface area (TPSA) is 61.3 Å². The Kier molecular flexibility index (Phi) is 3.52. The van der Waals surface area contributed by atoms with Crippen LogP contribution in [0.25, 0.3) is 11.1 Å². The van der Waals surface area contributed by atoms with Crippen LogP contribution in [0.2, 0.25) is 0 Å². The molecule has 0 aliphatic heterocycles. The summed E-state index contributed by atoms with van der Waals surface area (Å²) >= 11 is 0. The van der Waals surface area contributed by atoms with Crippen molar-refractivity contribution in [2.24, 2.45) is 0 Å². The van der Waals surface area contributed by atoms with Crippen LogP contribution >= 0.6 is 0 Å². The summed E-state index contributed by atoms with van der Waals surface area (Å²) in [6.45, 7) is 2.15. The molecule has 0 saturated carbocycles. The molecule has 3 aromatic rings. The number of fused-ring (bicyclic) bond motifs is 1. The summed E-state index contributed by atoms with van der Waals surface area (Å²) < 4.78 is 11.0. The number of ether oxygens (including phenoxy) is 1. The van der Waals surface area contributed by atoms with Crippen molar-refractivity contribution in [1.29, 1.82) is 0 Å². The maximum Gasteiger partial charge on any atom is 0.196 e. The van der Waals surface area contributed by atoms with E-state index in [1.165, 1.54) is 5.56 Å². The van der Waals surface area contributed by atoms with E-state index in [9.17, 15) is 0 Å². The van der Waals surface area contributed by atoms with E-state index in [1.54, 1.807) is 7.11 Å². The molecule has 108 valence electrons. The SMILES string of the molecule is COc1ccc2oc(CC(C)c3ccc(N)cc3)nc2c1. The highest BCUT2D eigenvalue weighted by molar-refractivity contribution is 5.74. The predicted molar refractivity (Wildman–Crippen MR) is 83.5 cm³/mol. The highest BCUT2D eigenvalue weighted by atomic mass is 16.5. The Balaban J connectivity index is 1.82. The zero-order valence-electron chi connectivity index (χ0n) is 12.2. The summed E-state index contributed by atoms with van der Waals surface area (Å²) in [7, 11) is 1.64. The maximum atomic E-state index is 5.79. The Hall–Kier alpha value is -2.49. The monoisotopic (exact) mass is 282 g/mol. The van der Waals surface area contributed by atoms with Gasteiger partial charge in [0, 0.05) is 18.2 Å². The van der Waals surface area contributed by atoms with Gasteiger partial charge in [0.1, 0.15) is 11.3 Å². The first-order valence-corrected chi connectivity index (χ1v) is 6.94. The summed E-state index contributed by atoms with van der Waals surface area (Å²) in [6, 6.07) is 13.6.